The number of nitrogens with zero attached hydrogens (tertiary/aromatic N) is 3. The van der Waals surface area contributed by atoms with Crippen molar-refractivity contribution in [3.8, 4) is 0 Å². The highest BCUT2D eigenvalue weighted by molar-refractivity contribution is 6.30. The zero-order chi connectivity index (χ0) is 15.0. The zero-order valence-corrected chi connectivity index (χ0v) is 11.6. The summed E-state index contributed by atoms with van der Waals surface area (Å²) in [5.74, 6) is 0.422. The molecule has 3 rings (SSSR count). The first-order valence-corrected chi connectivity index (χ1v) is 6.75. The van der Waals surface area contributed by atoms with Crippen LogP contribution in [0.5, 0.6) is 0 Å². The number of hydrogen-bond donors (Lipinski definition) is 2. The second kappa shape index (κ2) is 5.21. The highest BCUT2D eigenvalue weighted by Gasteiger charge is 2.30. The summed E-state index contributed by atoms with van der Waals surface area (Å²) < 4.78 is 0. The van der Waals surface area contributed by atoms with Crippen LogP contribution in [0.15, 0.2) is 23.1 Å². The van der Waals surface area contributed by atoms with E-state index < -0.39 is 4.92 Å². The van der Waals surface area contributed by atoms with E-state index in [9.17, 15) is 14.9 Å². The fourth-order valence-electron chi connectivity index (χ4n) is 2.57. The molecule has 2 aromatic heterocycles. The number of H-pyrrole nitrogens is 2. The van der Waals surface area contributed by atoms with Crippen molar-refractivity contribution in [1.82, 2.24) is 15.2 Å². The number of pyridine rings is 1. The predicted molar refractivity (Wildman–Crippen MR) is 76.9 cm³/mol. The monoisotopic (exact) mass is 309 g/mol. The van der Waals surface area contributed by atoms with E-state index in [0.717, 1.165) is 12.1 Å². The average molecular weight is 310 g/mol. The first-order chi connectivity index (χ1) is 10.0. The van der Waals surface area contributed by atoms with Gasteiger partial charge >= 0.3 is 5.69 Å². The van der Waals surface area contributed by atoms with Crippen molar-refractivity contribution < 1.29 is 4.92 Å². The molecule has 0 unspecified atom stereocenters. The molecule has 9 heteroatoms. The molecule has 21 heavy (non-hydrogen) atoms. The smallest absolute Gasteiger partial charge is 0.313 e. The first kappa shape index (κ1) is 13.6. The quantitative estimate of drug-likeness (QED) is 0.662. The number of aromatic amines is 2. The van der Waals surface area contributed by atoms with Crippen molar-refractivity contribution in [2.45, 2.75) is 12.3 Å². The Labute approximate surface area is 123 Å². The van der Waals surface area contributed by atoms with Crippen LogP contribution in [0.3, 0.4) is 0 Å². The van der Waals surface area contributed by atoms with Gasteiger partial charge in [-0.3, -0.25) is 20.0 Å². The number of anilines is 1. The molecule has 0 aromatic carbocycles. The van der Waals surface area contributed by atoms with Gasteiger partial charge in [0.05, 0.1) is 9.95 Å². The summed E-state index contributed by atoms with van der Waals surface area (Å²) in [5.41, 5.74) is 0.517. The third-order valence-electron chi connectivity index (χ3n) is 3.55. The summed E-state index contributed by atoms with van der Waals surface area (Å²) >= 11 is 5.77. The number of halogens is 1. The van der Waals surface area contributed by atoms with Crippen LogP contribution in [0.25, 0.3) is 0 Å². The lowest BCUT2D eigenvalue weighted by Gasteiger charge is -2.17. The molecule has 0 amide bonds. The highest BCUT2D eigenvalue weighted by atomic mass is 35.5. The van der Waals surface area contributed by atoms with Gasteiger partial charge in [0, 0.05) is 43.0 Å². The summed E-state index contributed by atoms with van der Waals surface area (Å²) in [7, 11) is 0. The number of aromatic nitrogens is 3. The summed E-state index contributed by atoms with van der Waals surface area (Å²) in [6.45, 7) is 1.19. The fraction of sp³-hybridized carbons (Fsp3) is 0.333. The molecule has 0 radical (unpaired) electrons. The Morgan fingerprint density at radius 3 is 2.90 bits per heavy atom. The second-order valence-corrected chi connectivity index (χ2v) is 5.34. The van der Waals surface area contributed by atoms with Crippen LogP contribution >= 0.6 is 11.6 Å². The first-order valence-electron chi connectivity index (χ1n) is 6.37. The molecule has 1 aliphatic rings. The molecule has 0 aliphatic carbocycles. The minimum absolute atomic E-state index is 0.106. The van der Waals surface area contributed by atoms with Gasteiger partial charge in [-0.2, -0.15) is 0 Å². The van der Waals surface area contributed by atoms with Crippen LogP contribution < -0.4 is 10.5 Å². The average Bonchev–Trinajstić information content (AvgIpc) is 3.07. The lowest BCUT2D eigenvalue weighted by atomic mass is 10.1. The Morgan fingerprint density at radius 2 is 2.24 bits per heavy atom. The maximum Gasteiger partial charge on any atom is 0.313 e. The zero-order valence-electron chi connectivity index (χ0n) is 10.9. The van der Waals surface area contributed by atoms with Gasteiger partial charge in [-0.05, 0) is 6.42 Å². The summed E-state index contributed by atoms with van der Waals surface area (Å²) in [5, 5.41) is 16.7. The van der Waals surface area contributed by atoms with Crippen LogP contribution in [0, 0.1) is 10.1 Å². The van der Waals surface area contributed by atoms with Crippen LogP contribution in [0.4, 0.5) is 11.5 Å². The number of nitro groups is 1. The third kappa shape index (κ3) is 2.62. The van der Waals surface area contributed by atoms with E-state index >= 15 is 0 Å². The molecule has 3 heterocycles. The molecule has 1 atom stereocenters. The number of hydrogen-bond acceptors (Lipinski definition) is 5. The van der Waals surface area contributed by atoms with Crippen LogP contribution in [-0.2, 0) is 0 Å². The second-order valence-electron chi connectivity index (χ2n) is 4.90. The molecule has 2 aromatic rings. The van der Waals surface area contributed by atoms with E-state index in [-0.39, 0.29) is 22.2 Å². The van der Waals surface area contributed by atoms with E-state index in [4.69, 9.17) is 11.6 Å². The minimum atomic E-state index is -0.486. The largest absolute Gasteiger partial charge is 0.350 e. The maximum atomic E-state index is 11.2. The topological polar surface area (TPSA) is 108 Å². The van der Waals surface area contributed by atoms with E-state index in [2.05, 4.69) is 15.2 Å². The van der Waals surface area contributed by atoms with Gasteiger partial charge < -0.3 is 10.00 Å². The van der Waals surface area contributed by atoms with E-state index in [1.807, 2.05) is 4.90 Å². The standard InChI is InChI=1S/C12H12ClN5O3/c13-8-3-10(18(20)21)12(14-5-8)17-2-1-7(6-17)9-4-11(19)16-15-9/h3-5,7H,1-2,6H2,(H2,15,16,19)/t7-/m0/s1. The Kier molecular flexibility index (Phi) is 3.38. The molecule has 1 saturated heterocycles. The van der Waals surface area contributed by atoms with E-state index in [1.54, 1.807) is 0 Å². The van der Waals surface area contributed by atoms with E-state index in [1.165, 1.54) is 18.3 Å². The van der Waals surface area contributed by atoms with Crippen LogP contribution in [0.2, 0.25) is 5.02 Å². The Balaban J connectivity index is 1.86. The Hall–Kier alpha value is -2.35. The Morgan fingerprint density at radius 1 is 1.43 bits per heavy atom. The van der Waals surface area contributed by atoms with Crippen molar-refractivity contribution in [1.29, 1.82) is 0 Å². The molecular formula is C12H12ClN5O3. The number of rotatable bonds is 3. The van der Waals surface area contributed by atoms with Crippen LogP contribution in [-0.4, -0.2) is 33.2 Å². The van der Waals surface area contributed by atoms with Crippen molar-refractivity contribution >= 4 is 23.1 Å². The SMILES string of the molecule is O=c1cc([C@H]2CCN(c3ncc(Cl)cc3[N+](=O)[O-])C2)[nH][nH]1. The van der Waals surface area contributed by atoms with Gasteiger partial charge in [0.25, 0.3) is 5.56 Å². The number of nitrogens with one attached hydrogen (secondary N) is 2. The summed E-state index contributed by atoms with van der Waals surface area (Å²) in [6.07, 6.45) is 2.19. The third-order valence-corrected chi connectivity index (χ3v) is 3.76. The molecule has 8 nitrogen and oxygen atoms in total. The molecule has 1 aliphatic heterocycles. The van der Waals surface area contributed by atoms with Gasteiger partial charge in [0.2, 0.25) is 5.82 Å². The molecule has 0 saturated carbocycles. The fourth-order valence-corrected chi connectivity index (χ4v) is 2.73. The minimum Gasteiger partial charge on any atom is -0.350 e. The Bertz CT molecular complexity index is 740. The van der Waals surface area contributed by atoms with Crippen molar-refractivity contribution in [2.75, 3.05) is 18.0 Å². The predicted octanol–water partition coefficient (Wildman–Crippen LogP) is 1.65. The molecule has 2 N–H and O–H groups in total. The molecule has 0 bridgehead atoms. The van der Waals surface area contributed by atoms with Gasteiger partial charge in [-0.15, -0.1) is 0 Å². The van der Waals surface area contributed by atoms with Gasteiger partial charge in [-0.25, -0.2) is 4.98 Å². The maximum absolute atomic E-state index is 11.2. The van der Waals surface area contributed by atoms with Crippen molar-refractivity contribution in [3.63, 3.8) is 0 Å². The van der Waals surface area contributed by atoms with Crippen LogP contribution in [0.1, 0.15) is 18.0 Å². The lowest BCUT2D eigenvalue weighted by Crippen LogP contribution is -2.21. The normalized spacial score (nSPS) is 18.1. The lowest BCUT2D eigenvalue weighted by molar-refractivity contribution is -0.384. The highest BCUT2D eigenvalue weighted by Crippen LogP contribution is 2.34. The summed E-state index contributed by atoms with van der Waals surface area (Å²) in [4.78, 5) is 27.7. The molecule has 110 valence electrons. The van der Waals surface area contributed by atoms with Gasteiger partial charge in [0.1, 0.15) is 0 Å². The van der Waals surface area contributed by atoms with Gasteiger partial charge in [-0.1, -0.05) is 11.6 Å². The summed E-state index contributed by atoms with van der Waals surface area (Å²) in [6, 6.07) is 2.81. The van der Waals surface area contributed by atoms with Crippen molar-refractivity contribution in [3.05, 3.63) is 49.5 Å². The molecular weight excluding hydrogens is 298 g/mol. The molecule has 1 fully saturated rings. The van der Waals surface area contributed by atoms with Gasteiger partial charge in [0.15, 0.2) is 0 Å². The van der Waals surface area contributed by atoms with E-state index in [0.29, 0.717) is 18.9 Å². The molecule has 0 spiro atoms. The van der Waals surface area contributed by atoms with Crippen molar-refractivity contribution in [2.24, 2.45) is 0 Å².